The van der Waals surface area contributed by atoms with Crippen LogP contribution in [0.5, 0.6) is 5.75 Å². The van der Waals surface area contributed by atoms with Gasteiger partial charge in [-0.3, -0.25) is 0 Å². The van der Waals surface area contributed by atoms with Crippen molar-refractivity contribution in [3.63, 3.8) is 0 Å². The number of halogens is 1. The zero-order chi connectivity index (χ0) is 13.8. The Kier molecular flexibility index (Phi) is 3.82. The van der Waals surface area contributed by atoms with E-state index in [1.807, 2.05) is 38.1 Å². The van der Waals surface area contributed by atoms with Gasteiger partial charge in [-0.2, -0.15) is 5.26 Å². The first-order chi connectivity index (χ1) is 9.13. The summed E-state index contributed by atoms with van der Waals surface area (Å²) in [5.41, 5.74) is 3.26. The Balaban J connectivity index is 2.25. The van der Waals surface area contributed by atoms with Gasteiger partial charge in [0.05, 0.1) is 0 Å². The molecule has 0 bridgehead atoms. The fourth-order valence-electron chi connectivity index (χ4n) is 1.96. The second-order valence-corrected chi connectivity index (χ2v) is 4.38. The standard InChI is InChI=1S/C16H14FNO/c1-11-5-3-6-12(2)14(11)10-19-16-8-4-7-15(17)13(16)9-18/h3-8H,10H2,1-2H3. The van der Waals surface area contributed by atoms with Gasteiger partial charge in [0.2, 0.25) is 0 Å². The minimum Gasteiger partial charge on any atom is -0.487 e. The topological polar surface area (TPSA) is 33.0 Å². The molecular weight excluding hydrogens is 241 g/mol. The van der Waals surface area contributed by atoms with Crippen molar-refractivity contribution in [3.8, 4) is 11.8 Å². The van der Waals surface area contributed by atoms with E-state index in [4.69, 9.17) is 10.00 Å². The Morgan fingerprint density at radius 2 is 1.74 bits per heavy atom. The average Bonchev–Trinajstić information content (AvgIpc) is 2.38. The van der Waals surface area contributed by atoms with E-state index < -0.39 is 5.82 Å². The lowest BCUT2D eigenvalue weighted by Gasteiger charge is -2.12. The van der Waals surface area contributed by atoms with Crippen LogP contribution in [0, 0.1) is 31.0 Å². The van der Waals surface area contributed by atoms with Crippen molar-refractivity contribution in [1.29, 1.82) is 5.26 Å². The molecule has 2 aromatic carbocycles. The maximum atomic E-state index is 13.4. The van der Waals surface area contributed by atoms with Crippen LogP contribution in [0.25, 0.3) is 0 Å². The second kappa shape index (κ2) is 5.53. The van der Waals surface area contributed by atoms with Crippen molar-refractivity contribution in [2.45, 2.75) is 20.5 Å². The van der Waals surface area contributed by atoms with Crippen LogP contribution in [0.3, 0.4) is 0 Å². The Morgan fingerprint density at radius 3 is 2.37 bits per heavy atom. The molecule has 0 aliphatic heterocycles. The van der Waals surface area contributed by atoms with Crippen LogP contribution in [0.4, 0.5) is 4.39 Å². The fourth-order valence-corrected chi connectivity index (χ4v) is 1.96. The lowest BCUT2D eigenvalue weighted by atomic mass is 10.0. The van der Waals surface area contributed by atoms with Gasteiger partial charge in [0.25, 0.3) is 0 Å². The van der Waals surface area contributed by atoms with Gasteiger partial charge < -0.3 is 4.74 Å². The van der Waals surface area contributed by atoms with Crippen molar-refractivity contribution in [3.05, 3.63) is 64.5 Å². The van der Waals surface area contributed by atoms with Gasteiger partial charge in [-0.05, 0) is 42.7 Å². The first-order valence-electron chi connectivity index (χ1n) is 6.00. The largest absolute Gasteiger partial charge is 0.487 e. The number of hydrogen-bond acceptors (Lipinski definition) is 2. The van der Waals surface area contributed by atoms with Crippen molar-refractivity contribution < 1.29 is 9.13 Å². The number of ether oxygens (including phenoxy) is 1. The Morgan fingerprint density at radius 1 is 1.11 bits per heavy atom. The minimum absolute atomic E-state index is 0.0475. The predicted molar refractivity (Wildman–Crippen MR) is 71.4 cm³/mol. The summed E-state index contributed by atoms with van der Waals surface area (Å²) in [4.78, 5) is 0. The molecule has 96 valence electrons. The van der Waals surface area contributed by atoms with Gasteiger partial charge in [-0.15, -0.1) is 0 Å². The van der Waals surface area contributed by atoms with Gasteiger partial charge >= 0.3 is 0 Å². The van der Waals surface area contributed by atoms with Crippen LogP contribution in [0.15, 0.2) is 36.4 Å². The minimum atomic E-state index is -0.554. The molecule has 19 heavy (non-hydrogen) atoms. The number of hydrogen-bond donors (Lipinski definition) is 0. The summed E-state index contributed by atoms with van der Waals surface area (Å²) in [6.45, 7) is 4.33. The monoisotopic (exact) mass is 255 g/mol. The van der Waals surface area contributed by atoms with E-state index >= 15 is 0 Å². The smallest absolute Gasteiger partial charge is 0.144 e. The average molecular weight is 255 g/mol. The van der Waals surface area contributed by atoms with E-state index in [0.717, 1.165) is 16.7 Å². The molecule has 0 saturated carbocycles. The molecule has 0 spiro atoms. The molecule has 0 N–H and O–H groups in total. The third kappa shape index (κ3) is 2.74. The molecule has 0 amide bonds. The summed E-state index contributed by atoms with van der Waals surface area (Å²) in [6.07, 6.45) is 0. The number of nitrogens with zero attached hydrogens (tertiary/aromatic N) is 1. The van der Waals surface area contributed by atoms with Crippen LogP contribution in [0.2, 0.25) is 0 Å². The Labute approximate surface area is 112 Å². The quantitative estimate of drug-likeness (QED) is 0.833. The highest BCUT2D eigenvalue weighted by Gasteiger charge is 2.10. The summed E-state index contributed by atoms with van der Waals surface area (Å²) < 4.78 is 19.0. The maximum absolute atomic E-state index is 13.4. The number of aryl methyl sites for hydroxylation is 2. The number of nitriles is 1. The molecule has 0 aromatic heterocycles. The molecule has 2 aromatic rings. The molecule has 0 aliphatic rings. The van der Waals surface area contributed by atoms with E-state index in [1.165, 1.54) is 12.1 Å². The van der Waals surface area contributed by atoms with Gasteiger partial charge in [0.1, 0.15) is 29.8 Å². The molecule has 0 aliphatic carbocycles. The first-order valence-corrected chi connectivity index (χ1v) is 6.00. The lowest BCUT2D eigenvalue weighted by molar-refractivity contribution is 0.302. The Bertz CT molecular complexity index is 623. The molecule has 0 atom stereocenters. The van der Waals surface area contributed by atoms with E-state index in [-0.39, 0.29) is 11.3 Å². The molecular formula is C16H14FNO. The van der Waals surface area contributed by atoms with Gasteiger partial charge in [0, 0.05) is 0 Å². The highest BCUT2D eigenvalue weighted by Crippen LogP contribution is 2.23. The molecule has 0 heterocycles. The van der Waals surface area contributed by atoms with E-state index in [1.54, 1.807) is 6.07 Å². The third-order valence-corrected chi connectivity index (χ3v) is 3.10. The third-order valence-electron chi connectivity index (χ3n) is 3.10. The summed E-state index contributed by atoms with van der Waals surface area (Å²) in [5.74, 6) is -0.272. The molecule has 0 fully saturated rings. The molecule has 0 radical (unpaired) electrons. The summed E-state index contributed by atoms with van der Waals surface area (Å²) in [6, 6.07) is 12.2. The highest BCUT2D eigenvalue weighted by atomic mass is 19.1. The Hall–Kier alpha value is -2.34. The summed E-state index contributed by atoms with van der Waals surface area (Å²) in [5, 5.41) is 8.94. The van der Waals surface area contributed by atoms with Crippen LogP contribution in [0.1, 0.15) is 22.3 Å². The van der Waals surface area contributed by atoms with Crippen LogP contribution >= 0.6 is 0 Å². The number of rotatable bonds is 3. The normalized spacial score (nSPS) is 10.0. The fraction of sp³-hybridized carbons (Fsp3) is 0.188. The molecule has 3 heteroatoms. The second-order valence-electron chi connectivity index (χ2n) is 4.38. The van der Waals surface area contributed by atoms with Crippen LogP contribution in [-0.4, -0.2) is 0 Å². The highest BCUT2D eigenvalue weighted by molar-refractivity contribution is 5.44. The van der Waals surface area contributed by atoms with E-state index in [0.29, 0.717) is 6.61 Å². The first kappa shape index (κ1) is 13.1. The van der Waals surface area contributed by atoms with Crippen molar-refractivity contribution >= 4 is 0 Å². The molecule has 0 unspecified atom stereocenters. The lowest BCUT2D eigenvalue weighted by Crippen LogP contribution is -2.02. The zero-order valence-corrected chi connectivity index (χ0v) is 10.9. The summed E-state index contributed by atoms with van der Waals surface area (Å²) in [7, 11) is 0. The maximum Gasteiger partial charge on any atom is 0.144 e. The number of benzene rings is 2. The van der Waals surface area contributed by atoms with Crippen LogP contribution in [-0.2, 0) is 6.61 Å². The molecule has 0 saturated heterocycles. The van der Waals surface area contributed by atoms with Crippen molar-refractivity contribution in [2.75, 3.05) is 0 Å². The summed E-state index contributed by atoms with van der Waals surface area (Å²) >= 11 is 0. The predicted octanol–water partition coefficient (Wildman–Crippen LogP) is 3.89. The molecule has 2 nitrogen and oxygen atoms in total. The van der Waals surface area contributed by atoms with Gasteiger partial charge in [-0.1, -0.05) is 24.3 Å². The zero-order valence-electron chi connectivity index (χ0n) is 10.9. The van der Waals surface area contributed by atoms with Gasteiger partial charge in [-0.25, -0.2) is 4.39 Å². The van der Waals surface area contributed by atoms with Crippen LogP contribution < -0.4 is 4.74 Å². The van der Waals surface area contributed by atoms with Gasteiger partial charge in [0.15, 0.2) is 0 Å². The molecule has 2 rings (SSSR count). The van der Waals surface area contributed by atoms with Crippen molar-refractivity contribution in [2.24, 2.45) is 0 Å². The van der Waals surface area contributed by atoms with E-state index in [2.05, 4.69) is 0 Å². The van der Waals surface area contributed by atoms with Crippen molar-refractivity contribution in [1.82, 2.24) is 0 Å². The van der Waals surface area contributed by atoms with E-state index in [9.17, 15) is 4.39 Å². The SMILES string of the molecule is Cc1cccc(C)c1COc1cccc(F)c1C#N.